The molecule has 1 unspecified atom stereocenters. The molecule has 1 aliphatic rings. The summed E-state index contributed by atoms with van der Waals surface area (Å²) in [4.78, 5) is 24.5. The molecule has 4 heterocycles. The zero-order chi connectivity index (χ0) is 18.1. The van der Waals surface area contributed by atoms with E-state index in [9.17, 15) is 4.79 Å². The zero-order valence-electron chi connectivity index (χ0n) is 14.8. The lowest BCUT2D eigenvalue weighted by Crippen LogP contribution is -2.39. The molecule has 134 valence electrons. The van der Waals surface area contributed by atoms with E-state index in [1.165, 1.54) is 11.3 Å². The van der Waals surface area contributed by atoms with Crippen LogP contribution in [0.5, 0.6) is 0 Å². The van der Waals surface area contributed by atoms with Crippen molar-refractivity contribution in [2.75, 3.05) is 13.1 Å². The molecule has 1 aliphatic heterocycles. The second-order valence-electron chi connectivity index (χ2n) is 6.62. The molecule has 0 spiro atoms. The summed E-state index contributed by atoms with van der Waals surface area (Å²) >= 11 is 1.49. The molecule has 0 aliphatic carbocycles. The van der Waals surface area contributed by atoms with Gasteiger partial charge in [-0.3, -0.25) is 4.79 Å². The van der Waals surface area contributed by atoms with Gasteiger partial charge >= 0.3 is 0 Å². The van der Waals surface area contributed by atoms with Crippen molar-refractivity contribution >= 4 is 17.2 Å². The lowest BCUT2D eigenvalue weighted by molar-refractivity contribution is 0.0711. The second-order valence-corrected chi connectivity index (χ2v) is 7.56. The summed E-state index contributed by atoms with van der Waals surface area (Å²) in [6, 6.07) is 5.69. The number of amides is 1. The van der Waals surface area contributed by atoms with Gasteiger partial charge in [0.25, 0.3) is 5.91 Å². The van der Waals surface area contributed by atoms with Gasteiger partial charge in [0.05, 0.1) is 21.8 Å². The van der Waals surface area contributed by atoms with Crippen LogP contribution in [0.4, 0.5) is 0 Å². The molecule has 4 rings (SSSR count). The smallest absolute Gasteiger partial charge is 0.263 e. The number of hydrogen-bond acceptors (Lipinski definition) is 6. The maximum absolute atomic E-state index is 12.7. The van der Waals surface area contributed by atoms with E-state index in [4.69, 9.17) is 9.51 Å². The van der Waals surface area contributed by atoms with E-state index in [-0.39, 0.29) is 11.8 Å². The molecule has 0 aromatic carbocycles. The highest BCUT2D eigenvalue weighted by Gasteiger charge is 2.29. The Hall–Kier alpha value is -2.54. The van der Waals surface area contributed by atoms with Gasteiger partial charge in [0, 0.05) is 31.3 Å². The van der Waals surface area contributed by atoms with E-state index < -0.39 is 0 Å². The zero-order valence-corrected chi connectivity index (χ0v) is 15.6. The Morgan fingerprint density at radius 3 is 3.00 bits per heavy atom. The number of nitrogens with zero attached hydrogens (tertiary/aromatic N) is 4. The Morgan fingerprint density at radius 2 is 2.27 bits per heavy atom. The largest absolute Gasteiger partial charge is 0.356 e. The molecule has 3 aromatic rings. The first-order valence-electron chi connectivity index (χ1n) is 8.72. The van der Waals surface area contributed by atoms with Gasteiger partial charge < -0.3 is 9.42 Å². The van der Waals surface area contributed by atoms with E-state index in [1.807, 2.05) is 42.3 Å². The van der Waals surface area contributed by atoms with Crippen LogP contribution >= 0.6 is 11.3 Å². The minimum Gasteiger partial charge on any atom is -0.356 e. The number of rotatable bonds is 3. The normalized spacial score (nSPS) is 17.5. The number of carbonyl (C=O) groups is 1. The van der Waals surface area contributed by atoms with Crippen LogP contribution in [0.15, 0.2) is 34.3 Å². The summed E-state index contributed by atoms with van der Waals surface area (Å²) in [5, 5.41) is 5.92. The predicted octanol–water partition coefficient (Wildman–Crippen LogP) is 3.83. The molecule has 0 saturated carbocycles. The number of piperidine rings is 1. The second kappa shape index (κ2) is 6.99. The lowest BCUT2D eigenvalue weighted by atomic mass is 9.91. The monoisotopic (exact) mass is 368 g/mol. The fourth-order valence-electron chi connectivity index (χ4n) is 3.42. The number of hydrogen-bond donors (Lipinski definition) is 0. The number of aryl methyl sites for hydroxylation is 2. The molecule has 1 fully saturated rings. The van der Waals surface area contributed by atoms with Gasteiger partial charge in [-0.25, -0.2) is 9.97 Å². The first-order valence-corrected chi connectivity index (χ1v) is 9.60. The van der Waals surface area contributed by atoms with Crippen LogP contribution in [-0.2, 0) is 0 Å². The van der Waals surface area contributed by atoms with E-state index in [2.05, 4.69) is 10.1 Å². The topological polar surface area (TPSA) is 72.1 Å². The molecule has 0 bridgehead atoms. The number of thiophene rings is 1. The van der Waals surface area contributed by atoms with Crippen LogP contribution in [0.25, 0.3) is 11.3 Å². The maximum Gasteiger partial charge on any atom is 0.263 e. The van der Waals surface area contributed by atoms with Crippen molar-refractivity contribution in [2.45, 2.75) is 32.6 Å². The third-order valence-corrected chi connectivity index (χ3v) is 5.52. The van der Waals surface area contributed by atoms with Gasteiger partial charge in [0.2, 0.25) is 0 Å². The molecule has 0 N–H and O–H groups in total. The molecule has 0 radical (unpaired) electrons. The predicted molar refractivity (Wildman–Crippen MR) is 99.2 cm³/mol. The van der Waals surface area contributed by atoms with Crippen LogP contribution in [0.1, 0.15) is 45.6 Å². The van der Waals surface area contributed by atoms with Crippen LogP contribution in [0.2, 0.25) is 0 Å². The van der Waals surface area contributed by atoms with Crippen molar-refractivity contribution < 1.29 is 9.32 Å². The standard InChI is InChI=1S/C19H20N4O2S/c1-12-9-16(25-22-12)15-10-20-13(2)21-18(15)14-5-3-7-23(11-14)19(24)17-6-4-8-26-17/h4,6,8-10,14H,3,5,7,11H2,1-2H3. The summed E-state index contributed by atoms with van der Waals surface area (Å²) in [5.74, 6) is 1.67. The SMILES string of the molecule is Cc1cc(-c2cnc(C)nc2C2CCCN(C(=O)c3cccs3)C2)on1. The third-order valence-electron chi connectivity index (χ3n) is 4.66. The minimum absolute atomic E-state index is 0.104. The highest BCUT2D eigenvalue weighted by atomic mass is 32.1. The molecule has 26 heavy (non-hydrogen) atoms. The highest BCUT2D eigenvalue weighted by Crippen LogP contribution is 2.33. The molecule has 6 nitrogen and oxygen atoms in total. The summed E-state index contributed by atoms with van der Waals surface area (Å²) < 4.78 is 5.45. The quantitative estimate of drug-likeness (QED) is 0.702. The maximum atomic E-state index is 12.7. The molecule has 1 saturated heterocycles. The fraction of sp³-hybridized carbons (Fsp3) is 0.368. The van der Waals surface area contributed by atoms with E-state index in [1.54, 1.807) is 6.20 Å². The lowest BCUT2D eigenvalue weighted by Gasteiger charge is -2.32. The molecular weight excluding hydrogens is 348 g/mol. The van der Waals surface area contributed by atoms with Gasteiger partial charge in [-0.2, -0.15) is 0 Å². The van der Waals surface area contributed by atoms with E-state index in [0.717, 1.165) is 47.0 Å². The van der Waals surface area contributed by atoms with Gasteiger partial charge in [-0.15, -0.1) is 11.3 Å². The first kappa shape index (κ1) is 16.9. The summed E-state index contributed by atoms with van der Waals surface area (Å²) in [6.45, 7) is 5.22. The number of likely N-dealkylation sites (tertiary alicyclic amines) is 1. The Kier molecular flexibility index (Phi) is 4.55. The van der Waals surface area contributed by atoms with Crippen LogP contribution in [0.3, 0.4) is 0 Å². The molecule has 1 amide bonds. The minimum atomic E-state index is 0.104. The average Bonchev–Trinajstić information content (AvgIpc) is 3.33. The van der Waals surface area contributed by atoms with Gasteiger partial charge in [-0.05, 0) is 38.1 Å². The number of carbonyl (C=O) groups excluding carboxylic acids is 1. The first-order chi connectivity index (χ1) is 12.6. The summed E-state index contributed by atoms with van der Waals surface area (Å²) in [7, 11) is 0. The van der Waals surface area contributed by atoms with Gasteiger partial charge in [-0.1, -0.05) is 11.2 Å². The van der Waals surface area contributed by atoms with Gasteiger partial charge in [0.15, 0.2) is 5.76 Å². The summed E-state index contributed by atoms with van der Waals surface area (Å²) in [5.41, 5.74) is 2.63. The third kappa shape index (κ3) is 3.26. The van der Waals surface area contributed by atoms with Crippen molar-refractivity contribution in [2.24, 2.45) is 0 Å². The summed E-state index contributed by atoms with van der Waals surface area (Å²) in [6.07, 6.45) is 3.75. The molecular formula is C19H20N4O2S. The molecule has 7 heteroatoms. The fourth-order valence-corrected chi connectivity index (χ4v) is 4.11. The Balaban J connectivity index is 1.64. The molecule has 3 aromatic heterocycles. The Labute approximate surface area is 155 Å². The van der Waals surface area contributed by atoms with E-state index in [0.29, 0.717) is 12.3 Å². The highest BCUT2D eigenvalue weighted by molar-refractivity contribution is 7.12. The van der Waals surface area contributed by atoms with Crippen LogP contribution in [0, 0.1) is 13.8 Å². The van der Waals surface area contributed by atoms with Crippen molar-refractivity contribution in [1.82, 2.24) is 20.0 Å². The Morgan fingerprint density at radius 1 is 1.38 bits per heavy atom. The van der Waals surface area contributed by atoms with Gasteiger partial charge in [0.1, 0.15) is 5.82 Å². The van der Waals surface area contributed by atoms with E-state index >= 15 is 0 Å². The van der Waals surface area contributed by atoms with Crippen LogP contribution in [-0.4, -0.2) is 39.0 Å². The van der Waals surface area contributed by atoms with Crippen LogP contribution < -0.4 is 0 Å². The molecule has 1 atom stereocenters. The van der Waals surface area contributed by atoms with Crippen molar-refractivity contribution in [3.05, 3.63) is 51.9 Å². The van der Waals surface area contributed by atoms with Crippen molar-refractivity contribution in [3.63, 3.8) is 0 Å². The number of aromatic nitrogens is 3. The average molecular weight is 368 g/mol. The van der Waals surface area contributed by atoms with Crippen molar-refractivity contribution in [1.29, 1.82) is 0 Å². The Bertz CT molecular complexity index is 920. The van der Waals surface area contributed by atoms with Crippen molar-refractivity contribution in [3.8, 4) is 11.3 Å².